The van der Waals surface area contributed by atoms with Gasteiger partial charge in [0.2, 0.25) is 0 Å². The van der Waals surface area contributed by atoms with Gasteiger partial charge in [-0.3, -0.25) is 4.99 Å². The Labute approximate surface area is 109 Å². The summed E-state index contributed by atoms with van der Waals surface area (Å²) < 4.78 is 26.3. The number of nitriles is 1. The van der Waals surface area contributed by atoms with Gasteiger partial charge in [0.15, 0.2) is 5.96 Å². The van der Waals surface area contributed by atoms with E-state index in [0.29, 0.717) is 13.0 Å². The Balaban J connectivity index is 1.99. The molecule has 1 saturated carbocycles. The second kappa shape index (κ2) is 5.22. The van der Waals surface area contributed by atoms with Crippen LogP contribution >= 0.6 is 0 Å². The zero-order valence-corrected chi connectivity index (χ0v) is 10.3. The molecule has 0 atom stereocenters. The molecule has 1 fully saturated rings. The molecule has 1 aromatic carbocycles. The summed E-state index contributed by atoms with van der Waals surface area (Å²) in [5.74, 6) is -1.13. The monoisotopic (exact) mass is 264 g/mol. The zero-order chi connectivity index (χ0) is 13.9. The molecule has 0 aromatic heterocycles. The van der Waals surface area contributed by atoms with Crippen molar-refractivity contribution in [3.8, 4) is 6.07 Å². The largest absolute Gasteiger partial charge is 0.370 e. The van der Waals surface area contributed by atoms with Crippen LogP contribution < -0.4 is 11.1 Å². The van der Waals surface area contributed by atoms with Crippen LogP contribution in [-0.2, 0) is 0 Å². The Morgan fingerprint density at radius 1 is 1.47 bits per heavy atom. The predicted molar refractivity (Wildman–Crippen MR) is 68.4 cm³/mol. The van der Waals surface area contributed by atoms with Crippen LogP contribution in [-0.4, -0.2) is 12.5 Å². The lowest BCUT2D eigenvalue weighted by atomic mass is 10.0. The lowest BCUT2D eigenvalue weighted by molar-refractivity contribution is 0.540. The van der Waals surface area contributed by atoms with E-state index in [-0.39, 0.29) is 17.1 Å². The molecule has 0 radical (unpaired) electrons. The molecule has 0 heterocycles. The minimum atomic E-state index is -0.599. The molecule has 3 N–H and O–H groups in total. The van der Waals surface area contributed by atoms with E-state index >= 15 is 0 Å². The van der Waals surface area contributed by atoms with Gasteiger partial charge in [0, 0.05) is 24.4 Å². The average Bonchev–Trinajstić information content (AvgIpc) is 3.12. The Morgan fingerprint density at radius 3 is 2.84 bits per heavy atom. The maximum atomic E-state index is 13.4. The minimum Gasteiger partial charge on any atom is -0.370 e. The molecular formula is C13H14F2N4. The van der Waals surface area contributed by atoms with Crippen molar-refractivity contribution in [3.63, 3.8) is 0 Å². The molecule has 4 nitrogen and oxygen atoms in total. The molecular weight excluding hydrogens is 250 g/mol. The topological polar surface area (TPSA) is 74.2 Å². The number of hydrogen-bond donors (Lipinski definition) is 2. The highest BCUT2D eigenvalue weighted by Gasteiger charge is 2.42. The number of nitrogens with zero attached hydrogens (tertiary/aromatic N) is 2. The van der Waals surface area contributed by atoms with Crippen molar-refractivity contribution >= 4 is 11.6 Å². The minimum absolute atomic E-state index is 0.0220. The van der Waals surface area contributed by atoms with E-state index in [2.05, 4.69) is 16.4 Å². The first-order valence-electron chi connectivity index (χ1n) is 5.94. The first-order chi connectivity index (χ1) is 9.04. The fraction of sp³-hybridized carbons (Fsp3) is 0.385. The summed E-state index contributed by atoms with van der Waals surface area (Å²) in [5.41, 5.74) is 5.51. The van der Waals surface area contributed by atoms with Crippen molar-refractivity contribution in [1.29, 1.82) is 5.26 Å². The van der Waals surface area contributed by atoms with Crippen LogP contribution in [0.4, 0.5) is 14.5 Å². The van der Waals surface area contributed by atoms with Gasteiger partial charge < -0.3 is 11.1 Å². The highest BCUT2D eigenvalue weighted by Crippen LogP contribution is 2.48. The molecule has 1 aliphatic rings. The highest BCUT2D eigenvalue weighted by molar-refractivity contribution is 5.92. The fourth-order valence-corrected chi connectivity index (χ4v) is 1.76. The Kier molecular flexibility index (Phi) is 3.65. The lowest BCUT2D eigenvalue weighted by Gasteiger charge is -2.10. The maximum absolute atomic E-state index is 13.4. The smallest absolute Gasteiger partial charge is 0.193 e. The van der Waals surface area contributed by atoms with E-state index in [1.807, 2.05) is 0 Å². The average molecular weight is 264 g/mol. The summed E-state index contributed by atoms with van der Waals surface area (Å²) in [4.78, 5) is 4.09. The first-order valence-corrected chi connectivity index (χ1v) is 5.94. The van der Waals surface area contributed by atoms with Gasteiger partial charge in [-0.05, 0) is 25.0 Å². The third-order valence-electron chi connectivity index (χ3n) is 3.19. The Bertz CT molecular complexity index is 544. The van der Waals surface area contributed by atoms with Crippen molar-refractivity contribution in [3.05, 3.63) is 29.8 Å². The molecule has 0 saturated heterocycles. The third-order valence-corrected chi connectivity index (χ3v) is 3.19. The van der Waals surface area contributed by atoms with Gasteiger partial charge in [0.1, 0.15) is 11.6 Å². The molecule has 1 aromatic rings. The summed E-state index contributed by atoms with van der Waals surface area (Å²) in [6.07, 6.45) is 2.34. The Hall–Kier alpha value is -2.16. The zero-order valence-electron chi connectivity index (χ0n) is 10.3. The number of hydrogen-bond acceptors (Lipinski definition) is 2. The summed E-state index contributed by atoms with van der Waals surface area (Å²) in [6, 6.07) is 5.18. The third kappa shape index (κ3) is 3.41. The van der Waals surface area contributed by atoms with E-state index in [1.165, 1.54) is 0 Å². The van der Waals surface area contributed by atoms with Crippen LogP contribution in [0.3, 0.4) is 0 Å². The standard InChI is InChI=1S/C13H14F2N4/c14-9-1-2-10(15)11(7-9)19-12(17)18-8-13(3-4-13)5-6-16/h1-2,7H,3-5,8H2,(H3,17,18,19). The van der Waals surface area contributed by atoms with Gasteiger partial charge in [0.05, 0.1) is 11.8 Å². The van der Waals surface area contributed by atoms with Crippen LogP contribution in [0.15, 0.2) is 23.2 Å². The number of rotatable bonds is 4. The SMILES string of the molecule is N#CCC1(CN=C(N)Nc2cc(F)ccc2F)CC1. The number of benzene rings is 1. The van der Waals surface area contributed by atoms with Crippen molar-refractivity contribution < 1.29 is 8.78 Å². The second-order valence-corrected chi connectivity index (χ2v) is 4.79. The molecule has 0 spiro atoms. The molecule has 0 amide bonds. The normalized spacial score (nSPS) is 16.8. The number of anilines is 1. The van der Waals surface area contributed by atoms with Crippen LogP contribution in [0, 0.1) is 28.4 Å². The van der Waals surface area contributed by atoms with Gasteiger partial charge in [0.25, 0.3) is 0 Å². The molecule has 1 aliphatic carbocycles. The van der Waals surface area contributed by atoms with Gasteiger partial charge in [-0.25, -0.2) is 8.78 Å². The van der Waals surface area contributed by atoms with E-state index in [1.54, 1.807) is 0 Å². The van der Waals surface area contributed by atoms with Crippen molar-refractivity contribution in [1.82, 2.24) is 0 Å². The van der Waals surface area contributed by atoms with Gasteiger partial charge in [-0.2, -0.15) is 5.26 Å². The van der Waals surface area contributed by atoms with Crippen LogP contribution in [0.1, 0.15) is 19.3 Å². The number of nitrogens with one attached hydrogen (secondary N) is 1. The Morgan fingerprint density at radius 2 is 2.21 bits per heavy atom. The highest BCUT2D eigenvalue weighted by atomic mass is 19.1. The fourth-order valence-electron chi connectivity index (χ4n) is 1.76. The van der Waals surface area contributed by atoms with Crippen LogP contribution in [0.2, 0.25) is 0 Å². The van der Waals surface area contributed by atoms with E-state index < -0.39 is 11.6 Å². The van der Waals surface area contributed by atoms with E-state index in [9.17, 15) is 8.78 Å². The van der Waals surface area contributed by atoms with Crippen molar-refractivity contribution in [2.75, 3.05) is 11.9 Å². The molecule has 0 bridgehead atoms. The van der Waals surface area contributed by atoms with Crippen LogP contribution in [0.5, 0.6) is 0 Å². The van der Waals surface area contributed by atoms with Gasteiger partial charge >= 0.3 is 0 Å². The molecule has 100 valence electrons. The van der Waals surface area contributed by atoms with Crippen molar-refractivity contribution in [2.24, 2.45) is 16.1 Å². The molecule has 6 heteroatoms. The molecule has 19 heavy (non-hydrogen) atoms. The summed E-state index contributed by atoms with van der Waals surface area (Å²) >= 11 is 0. The lowest BCUT2D eigenvalue weighted by Crippen LogP contribution is -2.24. The maximum Gasteiger partial charge on any atom is 0.193 e. The number of aliphatic imine (C=N–C) groups is 1. The van der Waals surface area contributed by atoms with E-state index in [0.717, 1.165) is 31.0 Å². The number of nitrogens with two attached hydrogens (primary N) is 1. The summed E-state index contributed by atoms with van der Waals surface area (Å²) in [6.45, 7) is 0.427. The summed E-state index contributed by atoms with van der Waals surface area (Å²) in [7, 11) is 0. The second-order valence-electron chi connectivity index (χ2n) is 4.79. The predicted octanol–water partition coefficient (Wildman–Crippen LogP) is 2.39. The van der Waals surface area contributed by atoms with Crippen LogP contribution in [0.25, 0.3) is 0 Å². The number of halogens is 2. The van der Waals surface area contributed by atoms with E-state index in [4.69, 9.17) is 11.0 Å². The molecule has 2 rings (SSSR count). The number of guanidine groups is 1. The van der Waals surface area contributed by atoms with Gasteiger partial charge in [-0.15, -0.1) is 0 Å². The van der Waals surface area contributed by atoms with Crippen molar-refractivity contribution in [2.45, 2.75) is 19.3 Å². The first kappa shape index (κ1) is 13.3. The molecule has 0 unspecified atom stereocenters. The summed E-state index contributed by atoms with van der Waals surface area (Å²) in [5, 5.41) is 11.2. The molecule has 0 aliphatic heterocycles. The van der Waals surface area contributed by atoms with Gasteiger partial charge in [-0.1, -0.05) is 0 Å². The quantitative estimate of drug-likeness (QED) is 0.647.